The van der Waals surface area contributed by atoms with E-state index in [9.17, 15) is 0 Å². The number of hydrazine groups is 1. The molecule has 0 radical (unpaired) electrons. The maximum absolute atomic E-state index is 8.87. The summed E-state index contributed by atoms with van der Waals surface area (Å²) in [5.74, 6) is 5.89. The van der Waals surface area contributed by atoms with E-state index in [1.807, 2.05) is 26.0 Å². The zero-order valence-electron chi connectivity index (χ0n) is 11.7. The predicted molar refractivity (Wildman–Crippen MR) is 77.1 cm³/mol. The molecule has 0 saturated carbocycles. The lowest BCUT2D eigenvalue weighted by molar-refractivity contribution is 0.0552. The molecule has 1 aromatic carbocycles. The number of allylic oxidation sites excluding steroid dienone is 1. The average Bonchev–Trinajstić information content (AvgIpc) is 2.45. The van der Waals surface area contributed by atoms with E-state index in [1.54, 1.807) is 18.2 Å². The van der Waals surface area contributed by atoms with Gasteiger partial charge in [0.05, 0.1) is 18.4 Å². The predicted octanol–water partition coefficient (Wildman–Crippen LogP) is 1.10. The molecule has 0 fully saturated rings. The zero-order valence-corrected chi connectivity index (χ0v) is 11.7. The van der Waals surface area contributed by atoms with Crippen molar-refractivity contribution in [1.82, 2.24) is 5.43 Å². The molecule has 0 aliphatic rings. The van der Waals surface area contributed by atoms with Crippen LogP contribution in [0.3, 0.4) is 0 Å². The Balaban J connectivity index is 2.72. The SMILES string of the molecule is CC(C)OCCOc1cccc(/C(N)=C(\C#N)NN)c1. The van der Waals surface area contributed by atoms with Gasteiger partial charge in [0.2, 0.25) is 0 Å². The summed E-state index contributed by atoms with van der Waals surface area (Å²) in [6.45, 7) is 4.90. The molecule has 5 N–H and O–H groups in total. The van der Waals surface area contributed by atoms with Crippen molar-refractivity contribution in [3.8, 4) is 11.8 Å². The molecular formula is C14H20N4O2. The lowest BCUT2D eigenvalue weighted by Crippen LogP contribution is -2.23. The molecule has 0 saturated heterocycles. The first-order valence-corrected chi connectivity index (χ1v) is 6.29. The number of nitrogens with two attached hydrogens (primary N) is 2. The number of rotatable bonds is 7. The minimum atomic E-state index is 0.116. The highest BCUT2D eigenvalue weighted by molar-refractivity contribution is 5.69. The molecular weight excluding hydrogens is 256 g/mol. The summed E-state index contributed by atoms with van der Waals surface area (Å²) >= 11 is 0. The van der Waals surface area contributed by atoms with Gasteiger partial charge in [-0.05, 0) is 26.0 Å². The van der Waals surface area contributed by atoms with Crippen molar-refractivity contribution in [3.63, 3.8) is 0 Å². The van der Waals surface area contributed by atoms with Crippen LogP contribution >= 0.6 is 0 Å². The minimum Gasteiger partial charge on any atom is -0.491 e. The number of ether oxygens (including phenoxy) is 2. The molecule has 0 amide bonds. The van der Waals surface area contributed by atoms with E-state index < -0.39 is 0 Å². The van der Waals surface area contributed by atoms with Crippen LogP contribution in [0.4, 0.5) is 0 Å². The van der Waals surface area contributed by atoms with Gasteiger partial charge in [-0.15, -0.1) is 0 Å². The molecule has 1 aromatic rings. The Morgan fingerprint density at radius 1 is 1.40 bits per heavy atom. The third-order valence-corrected chi connectivity index (χ3v) is 2.47. The number of hydrogen-bond donors (Lipinski definition) is 3. The van der Waals surface area contributed by atoms with Crippen LogP contribution in [0.1, 0.15) is 19.4 Å². The lowest BCUT2D eigenvalue weighted by Gasteiger charge is -2.11. The molecule has 1 rings (SSSR count). The van der Waals surface area contributed by atoms with Crippen LogP contribution in [0.15, 0.2) is 30.0 Å². The Bertz CT molecular complexity index is 506. The van der Waals surface area contributed by atoms with E-state index in [1.165, 1.54) is 0 Å². The summed E-state index contributed by atoms with van der Waals surface area (Å²) in [7, 11) is 0. The molecule has 20 heavy (non-hydrogen) atoms. The van der Waals surface area contributed by atoms with E-state index in [4.69, 9.17) is 26.3 Å². The molecule has 6 nitrogen and oxygen atoms in total. The minimum absolute atomic E-state index is 0.116. The average molecular weight is 276 g/mol. The molecule has 0 aliphatic carbocycles. The summed E-state index contributed by atoms with van der Waals surface area (Å²) in [5.41, 5.74) is 9.19. The second-order valence-electron chi connectivity index (χ2n) is 4.34. The monoisotopic (exact) mass is 276 g/mol. The third-order valence-electron chi connectivity index (χ3n) is 2.47. The fraction of sp³-hybridized carbons (Fsp3) is 0.357. The van der Waals surface area contributed by atoms with E-state index >= 15 is 0 Å². The van der Waals surface area contributed by atoms with Crippen molar-refractivity contribution < 1.29 is 9.47 Å². The summed E-state index contributed by atoms with van der Waals surface area (Å²) in [5, 5.41) is 8.87. The van der Waals surface area contributed by atoms with Crippen molar-refractivity contribution in [2.75, 3.05) is 13.2 Å². The fourth-order valence-corrected chi connectivity index (χ4v) is 1.51. The van der Waals surface area contributed by atoms with Crippen molar-refractivity contribution in [2.24, 2.45) is 11.6 Å². The van der Waals surface area contributed by atoms with E-state index in [0.29, 0.717) is 24.5 Å². The van der Waals surface area contributed by atoms with Crippen LogP contribution in [0.25, 0.3) is 5.70 Å². The van der Waals surface area contributed by atoms with Crippen molar-refractivity contribution in [1.29, 1.82) is 5.26 Å². The van der Waals surface area contributed by atoms with Gasteiger partial charge in [0, 0.05) is 5.56 Å². The van der Waals surface area contributed by atoms with Crippen LogP contribution in [0, 0.1) is 11.3 Å². The molecule has 0 aromatic heterocycles. The zero-order chi connectivity index (χ0) is 15.0. The van der Waals surface area contributed by atoms with E-state index in [0.717, 1.165) is 0 Å². The number of nitrogens with zero attached hydrogens (tertiary/aromatic N) is 1. The van der Waals surface area contributed by atoms with Gasteiger partial charge in [-0.3, -0.25) is 0 Å². The second kappa shape index (κ2) is 8.04. The molecule has 0 bridgehead atoms. The molecule has 0 aliphatic heterocycles. The largest absolute Gasteiger partial charge is 0.491 e. The van der Waals surface area contributed by atoms with Crippen LogP contribution in [0.2, 0.25) is 0 Å². The number of nitriles is 1. The normalized spacial score (nSPS) is 11.8. The maximum atomic E-state index is 8.87. The molecule has 0 atom stereocenters. The first-order valence-electron chi connectivity index (χ1n) is 6.29. The van der Waals surface area contributed by atoms with E-state index in [-0.39, 0.29) is 17.5 Å². The summed E-state index contributed by atoms with van der Waals surface area (Å²) in [6.07, 6.45) is 0.178. The smallest absolute Gasteiger partial charge is 0.151 e. The first kappa shape index (κ1) is 15.8. The van der Waals surface area contributed by atoms with Crippen LogP contribution in [-0.4, -0.2) is 19.3 Å². The maximum Gasteiger partial charge on any atom is 0.151 e. The molecule has 0 heterocycles. The van der Waals surface area contributed by atoms with Crippen LogP contribution in [0.5, 0.6) is 5.75 Å². The number of benzene rings is 1. The summed E-state index contributed by atoms with van der Waals surface area (Å²) in [4.78, 5) is 0. The van der Waals surface area contributed by atoms with E-state index in [2.05, 4.69) is 5.43 Å². The number of hydrogen-bond acceptors (Lipinski definition) is 6. The topological polar surface area (TPSA) is 106 Å². The second-order valence-corrected chi connectivity index (χ2v) is 4.34. The highest BCUT2D eigenvalue weighted by atomic mass is 16.5. The summed E-state index contributed by atoms with van der Waals surface area (Å²) < 4.78 is 10.9. The van der Waals surface area contributed by atoms with Crippen molar-refractivity contribution in [3.05, 3.63) is 35.5 Å². The van der Waals surface area contributed by atoms with Gasteiger partial charge < -0.3 is 20.6 Å². The first-order chi connectivity index (χ1) is 9.58. The molecule has 6 heteroatoms. The molecule has 0 spiro atoms. The fourth-order valence-electron chi connectivity index (χ4n) is 1.51. The highest BCUT2D eigenvalue weighted by Gasteiger charge is 2.05. The number of nitrogens with one attached hydrogen (secondary N) is 1. The molecule has 108 valence electrons. The van der Waals surface area contributed by atoms with Gasteiger partial charge in [-0.25, -0.2) is 5.84 Å². The Labute approximate surface area is 118 Å². The summed E-state index contributed by atoms with van der Waals surface area (Å²) in [6, 6.07) is 9.03. The Kier molecular flexibility index (Phi) is 6.37. The highest BCUT2D eigenvalue weighted by Crippen LogP contribution is 2.18. The van der Waals surface area contributed by atoms with Crippen LogP contribution in [-0.2, 0) is 4.74 Å². The Morgan fingerprint density at radius 3 is 2.75 bits per heavy atom. The van der Waals surface area contributed by atoms with Crippen molar-refractivity contribution in [2.45, 2.75) is 20.0 Å². The van der Waals surface area contributed by atoms with Gasteiger partial charge in [-0.2, -0.15) is 5.26 Å². The molecule has 0 unspecified atom stereocenters. The van der Waals surface area contributed by atoms with Gasteiger partial charge in [0.25, 0.3) is 0 Å². The van der Waals surface area contributed by atoms with Crippen LogP contribution < -0.4 is 21.7 Å². The lowest BCUT2D eigenvalue weighted by atomic mass is 10.1. The van der Waals surface area contributed by atoms with Gasteiger partial charge in [0.15, 0.2) is 5.70 Å². The van der Waals surface area contributed by atoms with Crippen molar-refractivity contribution >= 4 is 5.70 Å². The Morgan fingerprint density at radius 2 is 2.15 bits per heavy atom. The van der Waals surface area contributed by atoms with Gasteiger partial charge in [-0.1, -0.05) is 12.1 Å². The van der Waals surface area contributed by atoms with Gasteiger partial charge >= 0.3 is 0 Å². The third kappa shape index (κ3) is 4.80. The Hall–Kier alpha value is -2.23. The standard InChI is InChI=1S/C14H20N4O2/c1-10(2)19-6-7-20-12-5-3-4-11(8-12)14(16)13(9-15)18-17/h3-5,8,10,18H,6-7,16-17H2,1-2H3/b14-13-. The van der Waals surface area contributed by atoms with Gasteiger partial charge in [0.1, 0.15) is 18.4 Å². The quantitative estimate of drug-likeness (QED) is 0.298.